The summed E-state index contributed by atoms with van der Waals surface area (Å²) in [5.74, 6) is -5.27. The van der Waals surface area contributed by atoms with Crippen molar-refractivity contribution in [2.45, 2.75) is 70.1 Å². The summed E-state index contributed by atoms with van der Waals surface area (Å²) in [6.07, 6.45) is -0.215. The highest BCUT2D eigenvalue weighted by Crippen LogP contribution is 2.20. The van der Waals surface area contributed by atoms with Crippen LogP contribution in [0.3, 0.4) is 0 Å². The summed E-state index contributed by atoms with van der Waals surface area (Å²) >= 11 is 0. The monoisotopic (exact) mass is 456 g/mol. The molecule has 0 aromatic heterocycles. The number of nitrogens with one attached hydrogen (secondary N) is 2. The second kappa shape index (κ2) is 12.0. The lowest BCUT2D eigenvalue weighted by Crippen LogP contribution is -2.57. The van der Waals surface area contributed by atoms with Crippen LogP contribution in [0.2, 0.25) is 0 Å². The van der Waals surface area contributed by atoms with Crippen LogP contribution < -0.4 is 27.8 Å². The van der Waals surface area contributed by atoms with Gasteiger partial charge in [-0.1, -0.05) is 13.8 Å². The van der Waals surface area contributed by atoms with Crippen molar-refractivity contribution in [3.8, 4) is 0 Å². The lowest BCUT2D eigenvalue weighted by atomic mass is 10.0. The number of carbonyl (C=O) groups is 6. The Labute approximate surface area is 185 Å². The zero-order chi connectivity index (χ0) is 24.6. The van der Waals surface area contributed by atoms with Crippen LogP contribution in [0.4, 0.5) is 0 Å². The van der Waals surface area contributed by atoms with Crippen molar-refractivity contribution in [1.29, 1.82) is 0 Å². The molecule has 0 saturated carbocycles. The standard InChI is InChI=1S/C19H32N6O7/c1-9(2)15(22)18(30)25-7-3-4-12(25)17(29)23-10(5-6-13(20)26)16(28)24-11(19(31)32)8-14(21)27/h9-12,15H,3-8,22H2,1-2H3,(H2,20,26)(H2,21,27)(H,23,29)(H,24,28)(H,31,32). The maximum atomic E-state index is 12.9. The molecule has 0 aliphatic carbocycles. The van der Waals surface area contributed by atoms with Crippen LogP contribution in [0, 0.1) is 5.92 Å². The van der Waals surface area contributed by atoms with Gasteiger partial charge in [0.1, 0.15) is 18.1 Å². The van der Waals surface area contributed by atoms with E-state index < -0.39 is 60.2 Å². The predicted molar refractivity (Wildman–Crippen MR) is 111 cm³/mol. The molecule has 5 amide bonds. The molecule has 1 heterocycles. The van der Waals surface area contributed by atoms with E-state index in [1.165, 1.54) is 4.90 Å². The fourth-order valence-electron chi connectivity index (χ4n) is 3.28. The Kier molecular flexibility index (Phi) is 10.0. The van der Waals surface area contributed by atoms with Crippen molar-refractivity contribution >= 4 is 35.5 Å². The molecule has 0 spiro atoms. The molecule has 1 aliphatic rings. The molecule has 1 aliphatic heterocycles. The van der Waals surface area contributed by atoms with Gasteiger partial charge in [-0.15, -0.1) is 0 Å². The minimum atomic E-state index is -1.61. The van der Waals surface area contributed by atoms with Gasteiger partial charge in [-0.2, -0.15) is 0 Å². The van der Waals surface area contributed by atoms with Crippen LogP contribution in [0.25, 0.3) is 0 Å². The van der Waals surface area contributed by atoms with Gasteiger partial charge in [0.25, 0.3) is 0 Å². The molecule has 1 fully saturated rings. The van der Waals surface area contributed by atoms with E-state index in [-0.39, 0.29) is 24.7 Å². The fraction of sp³-hybridized carbons (Fsp3) is 0.684. The molecule has 9 N–H and O–H groups in total. The van der Waals surface area contributed by atoms with E-state index in [1.54, 1.807) is 13.8 Å². The maximum Gasteiger partial charge on any atom is 0.326 e. The Hall–Kier alpha value is -3.22. The van der Waals surface area contributed by atoms with Gasteiger partial charge in [-0.05, 0) is 25.2 Å². The molecule has 13 heteroatoms. The SMILES string of the molecule is CC(C)C(N)C(=O)N1CCCC1C(=O)NC(CCC(N)=O)C(=O)NC(CC(N)=O)C(=O)O. The smallest absolute Gasteiger partial charge is 0.326 e. The molecule has 32 heavy (non-hydrogen) atoms. The molecular formula is C19H32N6O7. The number of amides is 5. The van der Waals surface area contributed by atoms with E-state index >= 15 is 0 Å². The molecule has 180 valence electrons. The van der Waals surface area contributed by atoms with Crippen molar-refractivity contribution in [3.63, 3.8) is 0 Å². The molecule has 13 nitrogen and oxygen atoms in total. The van der Waals surface area contributed by atoms with Crippen molar-refractivity contribution < 1.29 is 33.9 Å². The van der Waals surface area contributed by atoms with Gasteiger partial charge in [0, 0.05) is 13.0 Å². The van der Waals surface area contributed by atoms with Crippen LogP contribution in [0.1, 0.15) is 46.0 Å². The van der Waals surface area contributed by atoms with Crippen molar-refractivity contribution in [1.82, 2.24) is 15.5 Å². The van der Waals surface area contributed by atoms with Crippen LogP contribution in [0.15, 0.2) is 0 Å². The summed E-state index contributed by atoms with van der Waals surface area (Å²) in [5, 5.41) is 13.8. The second-order valence-corrected chi connectivity index (χ2v) is 8.10. The van der Waals surface area contributed by atoms with E-state index in [9.17, 15) is 33.9 Å². The Morgan fingerprint density at radius 3 is 2.16 bits per heavy atom. The van der Waals surface area contributed by atoms with Crippen molar-refractivity contribution in [3.05, 3.63) is 0 Å². The molecule has 4 unspecified atom stereocenters. The van der Waals surface area contributed by atoms with Gasteiger partial charge in [0.15, 0.2) is 0 Å². The average Bonchev–Trinajstić information content (AvgIpc) is 3.18. The van der Waals surface area contributed by atoms with Gasteiger partial charge < -0.3 is 37.8 Å². The topological polar surface area (TPSA) is 228 Å². The molecule has 1 saturated heterocycles. The third-order valence-electron chi connectivity index (χ3n) is 5.17. The lowest BCUT2D eigenvalue weighted by molar-refractivity contribution is -0.144. The molecule has 0 radical (unpaired) electrons. The lowest BCUT2D eigenvalue weighted by Gasteiger charge is -2.29. The number of nitrogens with two attached hydrogens (primary N) is 3. The van der Waals surface area contributed by atoms with Crippen LogP contribution in [0.5, 0.6) is 0 Å². The summed E-state index contributed by atoms with van der Waals surface area (Å²) < 4.78 is 0. The molecule has 0 aromatic carbocycles. The number of hydrogen-bond donors (Lipinski definition) is 6. The number of carboxylic acid groups (broad SMARTS) is 1. The van der Waals surface area contributed by atoms with E-state index in [0.717, 1.165) is 0 Å². The van der Waals surface area contributed by atoms with Gasteiger partial charge in [0.2, 0.25) is 29.5 Å². The largest absolute Gasteiger partial charge is 0.480 e. The third kappa shape index (κ3) is 7.80. The zero-order valence-electron chi connectivity index (χ0n) is 18.2. The van der Waals surface area contributed by atoms with Crippen LogP contribution in [-0.2, 0) is 28.8 Å². The first-order valence-corrected chi connectivity index (χ1v) is 10.3. The molecule has 4 atom stereocenters. The van der Waals surface area contributed by atoms with Gasteiger partial charge in [0.05, 0.1) is 12.5 Å². The number of rotatable bonds is 12. The number of hydrogen-bond acceptors (Lipinski definition) is 7. The first-order valence-electron chi connectivity index (χ1n) is 10.3. The summed E-state index contributed by atoms with van der Waals surface area (Å²) in [6, 6.07) is -4.58. The summed E-state index contributed by atoms with van der Waals surface area (Å²) in [6.45, 7) is 3.89. The second-order valence-electron chi connectivity index (χ2n) is 8.10. The maximum absolute atomic E-state index is 12.9. The normalized spacial score (nSPS) is 18.5. The Balaban J connectivity index is 2.96. The number of aliphatic carboxylic acids is 1. The number of primary amides is 2. The Morgan fingerprint density at radius 2 is 1.66 bits per heavy atom. The molecule has 1 rings (SSSR count). The number of carbonyl (C=O) groups excluding carboxylic acids is 5. The Morgan fingerprint density at radius 1 is 1.03 bits per heavy atom. The number of nitrogens with zero attached hydrogens (tertiary/aromatic N) is 1. The average molecular weight is 457 g/mol. The fourth-order valence-corrected chi connectivity index (χ4v) is 3.28. The van der Waals surface area contributed by atoms with E-state index in [1.807, 2.05) is 0 Å². The first kappa shape index (κ1) is 26.8. The van der Waals surface area contributed by atoms with Crippen LogP contribution >= 0.6 is 0 Å². The van der Waals surface area contributed by atoms with E-state index in [4.69, 9.17) is 17.2 Å². The van der Waals surface area contributed by atoms with Crippen molar-refractivity contribution in [2.75, 3.05) is 6.54 Å². The third-order valence-corrected chi connectivity index (χ3v) is 5.17. The van der Waals surface area contributed by atoms with Gasteiger partial charge >= 0.3 is 5.97 Å². The number of likely N-dealkylation sites (tertiary alicyclic amines) is 1. The first-order chi connectivity index (χ1) is 14.8. The van der Waals surface area contributed by atoms with E-state index in [2.05, 4.69) is 10.6 Å². The van der Waals surface area contributed by atoms with Crippen LogP contribution in [-0.4, -0.2) is 76.2 Å². The summed E-state index contributed by atoms with van der Waals surface area (Å²) in [5.41, 5.74) is 16.1. The minimum absolute atomic E-state index is 0.140. The van der Waals surface area contributed by atoms with Gasteiger partial charge in [-0.25, -0.2) is 4.79 Å². The highest BCUT2D eigenvalue weighted by molar-refractivity contribution is 5.95. The summed E-state index contributed by atoms with van der Waals surface area (Å²) in [4.78, 5) is 73.0. The molecule has 0 aromatic rings. The molecular weight excluding hydrogens is 424 g/mol. The number of carboxylic acids is 1. The van der Waals surface area contributed by atoms with Gasteiger partial charge in [-0.3, -0.25) is 24.0 Å². The Bertz CT molecular complexity index is 756. The van der Waals surface area contributed by atoms with Crippen molar-refractivity contribution in [2.24, 2.45) is 23.1 Å². The quantitative estimate of drug-likeness (QED) is 0.179. The highest BCUT2D eigenvalue weighted by atomic mass is 16.4. The minimum Gasteiger partial charge on any atom is -0.480 e. The highest BCUT2D eigenvalue weighted by Gasteiger charge is 2.38. The summed E-state index contributed by atoms with van der Waals surface area (Å²) in [7, 11) is 0. The zero-order valence-corrected chi connectivity index (χ0v) is 18.2. The predicted octanol–water partition coefficient (Wildman–Crippen LogP) is -2.84. The molecule has 0 bridgehead atoms. The van der Waals surface area contributed by atoms with E-state index in [0.29, 0.717) is 19.4 Å².